The third kappa shape index (κ3) is 2.20. The van der Waals surface area contributed by atoms with E-state index in [2.05, 4.69) is 38.7 Å². The average Bonchev–Trinajstić information content (AvgIpc) is 2.99. The number of hydrogen-bond acceptors (Lipinski definition) is 4. The van der Waals surface area contributed by atoms with Crippen LogP contribution in [-0.2, 0) is 13.1 Å². The van der Waals surface area contributed by atoms with E-state index in [-0.39, 0.29) is 0 Å². The Morgan fingerprint density at radius 3 is 3.18 bits per heavy atom. The van der Waals surface area contributed by atoms with Crippen molar-refractivity contribution in [1.82, 2.24) is 20.5 Å². The smallest absolute Gasteiger partial charge is 0.106 e. The molecule has 0 radical (unpaired) electrons. The fourth-order valence-corrected chi connectivity index (χ4v) is 2.41. The Bertz CT molecular complexity index is 600. The summed E-state index contributed by atoms with van der Waals surface area (Å²) < 4.78 is 0. The Balaban J connectivity index is 1.70. The van der Waals surface area contributed by atoms with Crippen molar-refractivity contribution in [1.29, 1.82) is 0 Å². The van der Waals surface area contributed by atoms with Crippen LogP contribution >= 0.6 is 11.3 Å². The first-order valence-electron chi connectivity index (χ1n) is 5.43. The molecule has 0 unspecified atom stereocenters. The van der Waals surface area contributed by atoms with Gasteiger partial charge in [0.15, 0.2) is 0 Å². The third-order valence-electron chi connectivity index (χ3n) is 2.64. The zero-order chi connectivity index (χ0) is 11.5. The lowest BCUT2D eigenvalue weighted by Crippen LogP contribution is -2.12. The normalized spacial score (nSPS) is 11.1. The fourth-order valence-electron chi connectivity index (χ4n) is 1.82. The number of benzene rings is 1. The molecule has 4 nitrogen and oxygen atoms in total. The highest BCUT2D eigenvalue weighted by molar-refractivity contribution is 7.09. The molecule has 2 N–H and O–H groups in total. The van der Waals surface area contributed by atoms with Gasteiger partial charge in [0.1, 0.15) is 5.01 Å². The Labute approximate surface area is 103 Å². The van der Waals surface area contributed by atoms with E-state index >= 15 is 0 Å². The lowest BCUT2D eigenvalue weighted by molar-refractivity contribution is 0.692. The topological polar surface area (TPSA) is 53.6 Å². The summed E-state index contributed by atoms with van der Waals surface area (Å²) in [5.41, 5.74) is 2.34. The quantitative estimate of drug-likeness (QED) is 0.740. The molecule has 0 atom stereocenters. The molecule has 0 bridgehead atoms. The van der Waals surface area contributed by atoms with Crippen LogP contribution in [0.15, 0.2) is 36.0 Å². The summed E-state index contributed by atoms with van der Waals surface area (Å²) in [6, 6.07) is 6.22. The third-order valence-corrected chi connectivity index (χ3v) is 3.42. The number of nitrogens with zero attached hydrogens (tertiary/aromatic N) is 2. The Morgan fingerprint density at radius 1 is 1.29 bits per heavy atom. The van der Waals surface area contributed by atoms with Gasteiger partial charge in [0, 0.05) is 30.1 Å². The van der Waals surface area contributed by atoms with Crippen LogP contribution in [0.25, 0.3) is 10.9 Å². The predicted octanol–water partition coefficient (Wildman–Crippen LogP) is 2.31. The second-order valence-corrected chi connectivity index (χ2v) is 4.76. The van der Waals surface area contributed by atoms with Gasteiger partial charge >= 0.3 is 0 Å². The number of H-pyrrole nitrogens is 1. The van der Waals surface area contributed by atoms with Crippen molar-refractivity contribution in [3.63, 3.8) is 0 Å². The first-order valence-corrected chi connectivity index (χ1v) is 6.31. The van der Waals surface area contributed by atoms with Gasteiger partial charge in [-0.2, -0.15) is 5.10 Å². The molecule has 0 aliphatic rings. The summed E-state index contributed by atoms with van der Waals surface area (Å²) in [6.07, 6.45) is 3.68. The van der Waals surface area contributed by atoms with Crippen molar-refractivity contribution < 1.29 is 0 Å². The van der Waals surface area contributed by atoms with Gasteiger partial charge in [-0.05, 0) is 5.56 Å². The van der Waals surface area contributed by atoms with Crippen molar-refractivity contribution in [3.05, 3.63) is 46.5 Å². The highest BCUT2D eigenvalue weighted by Gasteiger charge is 2.02. The van der Waals surface area contributed by atoms with Crippen LogP contribution < -0.4 is 5.32 Å². The molecule has 2 aromatic heterocycles. The van der Waals surface area contributed by atoms with Crippen LogP contribution in [0.3, 0.4) is 0 Å². The first-order chi connectivity index (χ1) is 8.43. The number of thiazole rings is 1. The van der Waals surface area contributed by atoms with E-state index in [1.54, 1.807) is 11.3 Å². The summed E-state index contributed by atoms with van der Waals surface area (Å²) in [5, 5.41) is 14.7. The van der Waals surface area contributed by atoms with Gasteiger partial charge < -0.3 is 5.32 Å². The number of fused-ring (bicyclic) bond motifs is 1. The Hall–Kier alpha value is -1.72. The highest BCUT2D eigenvalue weighted by atomic mass is 32.1. The van der Waals surface area contributed by atoms with Crippen LogP contribution in [0.4, 0.5) is 0 Å². The van der Waals surface area contributed by atoms with Crippen LogP contribution in [0.2, 0.25) is 0 Å². The molecule has 5 heteroatoms. The van der Waals surface area contributed by atoms with E-state index in [0.29, 0.717) is 0 Å². The summed E-state index contributed by atoms with van der Waals surface area (Å²) in [7, 11) is 0. The molecule has 86 valence electrons. The van der Waals surface area contributed by atoms with E-state index in [4.69, 9.17) is 0 Å². The summed E-state index contributed by atoms with van der Waals surface area (Å²) in [4.78, 5) is 4.24. The standard InChI is InChI=1S/C12H12N4S/c1-2-9(12-10(3-1)7-15-16-12)6-13-8-11-14-4-5-17-11/h1-5,7,13H,6,8H2,(H,15,16). The summed E-state index contributed by atoms with van der Waals surface area (Å²) in [5.74, 6) is 0. The lowest BCUT2D eigenvalue weighted by atomic mass is 10.1. The summed E-state index contributed by atoms with van der Waals surface area (Å²) in [6.45, 7) is 1.63. The Morgan fingerprint density at radius 2 is 2.29 bits per heavy atom. The van der Waals surface area contributed by atoms with Crippen LogP contribution in [0, 0.1) is 0 Å². The number of para-hydroxylation sites is 1. The van der Waals surface area contributed by atoms with E-state index < -0.39 is 0 Å². The van der Waals surface area contributed by atoms with Crippen molar-refractivity contribution >= 4 is 22.2 Å². The predicted molar refractivity (Wildman–Crippen MR) is 68.8 cm³/mol. The average molecular weight is 244 g/mol. The fraction of sp³-hybridized carbons (Fsp3) is 0.167. The maximum atomic E-state index is 4.24. The maximum Gasteiger partial charge on any atom is 0.106 e. The maximum absolute atomic E-state index is 4.24. The molecule has 3 rings (SSSR count). The molecule has 3 aromatic rings. The molecule has 0 spiro atoms. The summed E-state index contributed by atoms with van der Waals surface area (Å²) >= 11 is 1.67. The molecular formula is C12H12N4S. The van der Waals surface area contributed by atoms with Gasteiger partial charge in [-0.15, -0.1) is 11.3 Å². The number of nitrogens with one attached hydrogen (secondary N) is 2. The van der Waals surface area contributed by atoms with Crippen LogP contribution in [-0.4, -0.2) is 15.2 Å². The SMILES string of the molecule is c1cc(CNCc2nccs2)c2[nH]ncc2c1. The molecule has 0 aliphatic carbocycles. The zero-order valence-electron chi connectivity index (χ0n) is 9.18. The molecule has 2 heterocycles. The number of hydrogen-bond donors (Lipinski definition) is 2. The van der Waals surface area contributed by atoms with Crippen molar-refractivity contribution in [2.75, 3.05) is 0 Å². The Kier molecular flexibility index (Phi) is 2.85. The van der Waals surface area contributed by atoms with Crippen molar-refractivity contribution in [2.45, 2.75) is 13.1 Å². The molecule has 0 aliphatic heterocycles. The van der Waals surface area contributed by atoms with Gasteiger partial charge in [0.25, 0.3) is 0 Å². The minimum atomic E-state index is 0.808. The first kappa shape index (κ1) is 10.4. The molecule has 1 aromatic carbocycles. The molecular weight excluding hydrogens is 232 g/mol. The van der Waals surface area contributed by atoms with Gasteiger partial charge in [0.2, 0.25) is 0 Å². The zero-order valence-corrected chi connectivity index (χ0v) is 10.00. The highest BCUT2D eigenvalue weighted by Crippen LogP contribution is 2.15. The second-order valence-electron chi connectivity index (χ2n) is 3.78. The van der Waals surface area contributed by atoms with Gasteiger partial charge in [0.05, 0.1) is 11.7 Å². The number of aromatic nitrogens is 3. The number of aromatic amines is 1. The van der Waals surface area contributed by atoms with E-state index in [1.165, 1.54) is 5.56 Å². The van der Waals surface area contributed by atoms with E-state index in [1.807, 2.05) is 17.8 Å². The van der Waals surface area contributed by atoms with Gasteiger partial charge in [-0.25, -0.2) is 4.98 Å². The van der Waals surface area contributed by atoms with Gasteiger partial charge in [-0.3, -0.25) is 5.10 Å². The molecule has 0 fully saturated rings. The lowest BCUT2D eigenvalue weighted by Gasteiger charge is -2.04. The largest absolute Gasteiger partial charge is 0.306 e. The molecule has 0 amide bonds. The molecule has 0 saturated carbocycles. The number of rotatable bonds is 4. The second kappa shape index (κ2) is 4.65. The van der Waals surface area contributed by atoms with Crippen molar-refractivity contribution in [3.8, 4) is 0 Å². The van der Waals surface area contributed by atoms with Crippen LogP contribution in [0.5, 0.6) is 0 Å². The minimum absolute atomic E-state index is 0.808. The van der Waals surface area contributed by atoms with Crippen molar-refractivity contribution in [2.24, 2.45) is 0 Å². The van der Waals surface area contributed by atoms with Crippen LogP contribution in [0.1, 0.15) is 10.6 Å². The molecule has 0 saturated heterocycles. The van der Waals surface area contributed by atoms with E-state index in [0.717, 1.165) is 29.0 Å². The van der Waals surface area contributed by atoms with E-state index in [9.17, 15) is 0 Å². The molecule has 17 heavy (non-hydrogen) atoms. The minimum Gasteiger partial charge on any atom is -0.306 e. The van der Waals surface area contributed by atoms with Gasteiger partial charge in [-0.1, -0.05) is 18.2 Å². The monoisotopic (exact) mass is 244 g/mol.